The molecule has 0 fully saturated rings. The highest BCUT2D eigenvalue weighted by Crippen LogP contribution is 1.91. The molecule has 2 heteroatoms. The summed E-state index contributed by atoms with van der Waals surface area (Å²) in [5, 5.41) is 0. The van der Waals surface area contributed by atoms with Gasteiger partial charge in [0.05, 0.1) is 0 Å². The molecular weight excluding hydrogens is 176 g/mol. The van der Waals surface area contributed by atoms with E-state index in [1.165, 1.54) is 0 Å². The third-order valence-corrected chi connectivity index (χ3v) is 1.58. The Morgan fingerprint density at radius 3 is 1.57 bits per heavy atom. The van der Waals surface area contributed by atoms with Crippen molar-refractivity contribution in [3.8, 4) is 24.1 Å². The Morgan fingerprint density at radius 1 is 0.786 bits per heavy atom. The third-order valence-electron chi connectivity index (χ3n) is 1.58. The molecule has 0 heterocycles. The van der Waals surface area contributed by atoms with E-state index in [2.05, 4.69) is 47.7 Å². The molecule has 0 amide bonds. The molecule has 0 aromatic heterocycles. The van der Waals surface area contributed by atoms with Crippen molar-refractivity contribution in [2.75, 3.05) is 0 Å². The second-order valence-corrected chi connectivity index (χ2v) is 2.93. The summed E-state index contributed by atoms with van der Waals surface area (Å²) >= 11 is 0. The molecule has 0 aliphatic carbocycles. The van der Waals surface area contributed by atoms with Gasteiger partial charge in [0, 0.05) is 12.8 Å². The Bertz CT molecular complexity index is 198. The first kappa shape index (κ1) is 12.7. The molecule has 0 N–H and O–H groups in total. The van der Waals surface area contributed by atoms with Crippen molar-refractivity contribution in [1.29, 1.82) is 0 Å². The van der Waals surface area contributed by atoms with E-state index in [1.54, 1.807) is 0 Å². The maximum Gasteiger partial charge on any atom is 0.172 e. The molecule has 2 nitrogen and oxygen atoms in total. The Balaban J connectivity index is 3.24. The van der Waals surface area contributed by atoms with Crippen molar-refractivity contribution in [3.05, 3.63) is 0 Å². The molecule has 0 aliphatic rings. The Labute approximate surface area is 86.9 Å². The maximum atomic E-state index is 4.53. The molecule has 0 aliphatic heterocycles. The molecule has 0 spiro atoms. The number of hydrogen-bond donors (Lipinski definition) is 0. The Kier molecular flexibility index (Phi) is 10.6. The van der Waals surface area contributed by atoms with Crippen LogP contribution in [0, 0.1) is 24.1 Å². The summed E-state index contributed by atoms with van der Waals surface area (Å²) in [6, 6.07) is 0. The average molecular weight is 194 g/mol. The van der Waals surface area contributed by atoms with Crippen molar-refractivity contribution < 1.29 is 9.78 Å². The minimum absolute atomic E-state index is 0.850. The van der Waals surface area contributed by atoms with Crippen LogP contribution in [0.4, 0.5) is 0 Å². The van der Waals surface area contributed by atoms with Crippen molar-refractivity contribution in [3.63, 3.8) is 0 Å². The SMILES string of the molecule is CCCCC#COOC#CCCCC. The lowest BCUT2D eigenvalue weighted by Gasteiger charge is -1.86. The van der Waals surface area contributed by atoms with Gasteiger partial charge in [-0.15, -0.1) is 0 Å². The van der Waals surface area contributed by atoms with E-state index in [-0.39, 0.29) is 0 Å². The lowest BCUT2D eigenvalue weighted by molar-refractivity contribution is -0.167. The second-order valence-electron chi connectivity index (χ2n) is 2.93. The van der Waals surface area contributed by atoms with Crippen LogP contribution in [-0.2, 0) is 9.78 Å². The molecule has 0 unspecified atom stereocenters. The predicted octanol–water partition coefficient (Wildman–Crippen LogP) is 3.24. The summed E-state index contributed by atoms with van der Waals surface area (Å²) in [6.07, 6.45) is 11.1. The molecule has 0 rings (SSSR count). The fourth-order valence-corrected chi connectivity index (χ4v) is 0.733. The summed E-state index contributed by atoms with van der Waals surface area (Å²) in [7, 11) is 0. The van der Waals surface area contributed by atoms with Crippen LogP contribution in [0.1, 0.15) is 52.4 Å². The highest BCUT2D eigenvalue weighted by atomic mass is 17.2. The Morgan fingerprint density at radius 2 is 1.21 bits per heavy atom. The monoisotopic (exact) mass is 194 g/mol. The van der Waals surface area contributed by atoms with Crippen LogP contribution in [0.3, 0.4) is 0 Å². The fourth-order valence-electron chi connectivity index (χ4n) is 0.733. The number of rotatable bonds is 5. The third kappa shape index (κ3) is 10.7. The van der Waals surface area contributed by atoms with Gasteiger partial charge in [-0.2, -0.15) is 0 Å². The zero-order valence-corrected chi connectivity index (χ0v) is 9.06. The van der Waals surface area contributed by atoms with Crippen molar-refractivity contribution in [2.45, 2.75) is 52.4 Å². The average Bonchev–Trinajstić information content (AvgIpc) is 2.21. The van der Waals surface area contributed by atoms with Crippen LogP contribution in [0.25, 0.3) is 0 Å². The van der Waals surface area contributed by atoms with Gasteiger partial charge >= 0.3 is 0 Å². The topological polar surface area (TPSA) is 18.5 Å². The van der Waals surface area contributed by atoms with Gasteiger partial charge in [0.2, 0.25) is 0 Å². The molecular formula is C12H18O2. The van der Waals surface area contributed by atoms with Gasteiger partial charge in [-0.3, -0.25) is 0 Å². The lowest BCUT2D eigenvalue weighted by atomic mass is 10.3. The van der Waals surface area contributed by atoms with Crippen LogP contribution in [-0.4, -0.2) is 0 Å². The lowest BCUT2D eigenvalue weighted by Crippen LogP contribution is -1.78. The van der Waals surface area contributed by atoms with E-state index in [0.717, 1.165) is 38.5 Å². The minimum atomic E-state index is 0.850. The first-order chi connectivity index (χ1) is 6.91. The summed E-state index contributed by atoms with van der Waals surface area (Å²) in [6.45, 7) is 4.25. The second kappa shape index (κ2) is 11.7. The Hall–Kier alpha value is -1.28. The van der Waals surface area contributed by atoms with Crippen LogP contribution in [0.2, 0.25) is 0 Å². The number of unbranched alkanes of at least 4 members (excludes halogenated alkanes) is 4. The van der Waals surface area contributed by atoms with Gasteiger partial charge in [0.15, 0.2) is 12.2 Å². The quantitative estimate of drug-likeness (QED) is 0.289. The molecule has 0 bridgehead atoms. The van der Waals surface area contributed by atoms with Gasteiger partial charge in [-0.05, 0) is 12.8 Å². The first-order valence-electron chi connectivity index (χ1n) is 5.20. The van der Waals surface area contributed by atoms with Crippen molar-refractivity contribution in [2.24, 2.45) is 0 Å². The highest BCUT2D eigenvalue weighted by Gasteiger charge is 1.78. The molecule has 0 atom stereocenters. The summed E-state index contributed by atoms with van der Waals surface area (Å²) in [5.74, 6) is 5.65. The molecule has 0 saturated heterocycles. The molecule has 0 radical (unpaired) electrons. The molecule has 0 aromatic rings. The fraction of sp³-hybridized carbons (Fsp3) is 0.667. The molecule has 0 aromatic carbocycles. The van der Waals surface area contributed by atoms with E-state index in [9.17, 15) is 0 Å². The van der Waals surface area contributed by atoms with E-state index in [4.69, 9.17) is 0 Å². The number of hydrogen-bond acceptors (Lipinski definition) is 2. The first-order valence-corrected chi connectivity index (χ1v) is 5.20. The predicted molar refractivity (Wildman–Crippen MR) is 56.8 cm³/mol. The maximum absolute atomic E-state index is 4.53. The van der Waals surface area contributed by atoms with Crippen molar-refractivity contribution in [1.82, 2.24) is 0 Å². The summed E-state index contributed by atoms with van der Waals surface area (Å²) < 4.78 is 0. The smallest absolute Gasteiger partial charge is 0.172 e. The largest absolute Gasteiger partial charge is 0.224 e. The highest BCUT2D eigenvalue weighted by molar-refractivity contribution is 4.92. The summed E-state index contributed by atoms with van der Waals surface area (Å²) in [4.78, 5) is 9.05. The summed E-state index contributed by atoms with van der Waals surface area (Å²) in [5.41, 5.74) is 0. The molecule has 14 heavy (non-hydrogen) atoms. The standard InChI is InChI=1S/C12H18O2/c1-3-5-7-9-11-13-14-12-10-8-6-4-2/h3-8H2,1-2H3. The van der Waals surface area contributed by atoms with E-state index >= 15 is 0 Å². The van der Waals surface area contributed by atoms with Gasteiger partial charge in [0.1, 0.15) is 0 Å². The van der Waals surface area contributed by atoms with E-state index in [1.807, 2.05) is 0 Å². The molecule has 78 valence electrons. The van der Waals surface area contributed by atoms with Crippen LogP contribution in [0.5, 0.6) is 0 Å². The van der Waals surface area contributed by atoms with Gasteiger partial charge in [-0.25, -0.2) is 9.78 Å². The van der Waals surface area contributed by atoms with Crippen molar-refractivity contribution >= 4 is 0 Å². The van der Waals surface area contributed by atoms with Crippen LogP contribution >= 0.6 is 0 Å². The minimum Gasteiger partial charge on any atom is -0.224 e. The van der Waals surface area contributed by atoms with E-state index in [0.29, 0.717) is 0 Å². The van der Waals surface area contributed by atoms with Crippen LogP contribution in [0.15, 0.2) is 0 Å². The zero-order valence-electron chi connectivity index (χ0n) is 9.06. The normalized spacial score (nSPS) is 7.86. The van der Waals surface area contributed by atoms with Gasteiger partial charge < -0.3 is 0 Å². The van der Waals surface area contributed by atoms with Crippen LogP contribution < -0.4 is 0 Å². The van der Waals surface area contributed by atoms with Gasteiger partial charge in [-0.1, -0.05) is 38.5 Å². The molecule has 0 saturated carbocycles. The zero-order chi connectivity index (χ0) is 10.5. The van der Waals surface area contributed by atoms with Gasteiger partial charge in [0.25, 0.3) is 0 Å². The van der Waals surface area contributed by atoms with E-state index < -0.39 is 0 Å².